The fourth-order valence-electron chi connectivity index (χ4n) is 3.98. The van der Waals surface area contributed by atoms with Crippen molar-refractivity contribution in [1.29, 1.82) is 0 Å². The average molecular weight is 468 g/mol. The predicted molar refractivity (Wildman–Crippen MR) is 137 cm³/mol. The lowest BCUT2D eigenvalue weighted by molar-refractivity contribution is 0.102. The summed E-state index contributed by atoms with van der Waals surface area (Å²) in [5.41, 5.74) is 3.41. The van der Waals surface area contributed by atoms with Gasteiger partial charge >= 0.3 is 0 Å². The van der Waals surface area contributed by atoms with Gasteiger partial charge in [0.25, 0.3) is 5.91 Å². The van der Waals surface area contributed by atoms with Gasteiger partial charge in [-0.15, -0.1) is 0 Å². The van der Waals surface area contributed by atoms with E-state index in [4.69, 9.17) is 18.6 Å². The molecule has 1 heterocycles. The van der Waals surface area contributed by atoms with Crippen LogP contribution in [0.25, 0.3) is 21.9 Å². The fourth-order valence-corrected chi connectivity index (χ4v) is 3.98. The molecule has 6 heteroatoms. The number of benzene rings is 4. The van der Waals surface area contributed by atoms with Crippen molar-refractivity contribution in [3.05, 3.63) is 96.1 Å². The summed E-state index contributed by atoms with van der Waals surface area (Å²) in [6.07, 6.45) is 0. The van der Waals surface area contributed by atoms with E-state index in [0.717, 1.165) is 33.4 Å². The maximum atomic E-state index is 13.1. The summed E-state index contributed by atoms with van der Waals surface area (Å²) < 4.78 is 22.8. The van der Waals surface area contributed by atoms with Gasteiger partial charge in [-0.25, -0.2) is 0 Å². The van der Waals surface area contributed by atoms with Gasteiger partial charge in [-0.1, -0.05) is 30.3 Å². The number of para-hydroxylation sites is 1. The number of hydrogen-bond donors (Lipinski definition) is 1. The number of ether oxygens (including phenoxy) is 3. The lowest BCUT2D eigenvalue weighted by atomic mass is 10.1. The zero-order valence-corrected chi connectivity index (χ0v) is 19.5. The van der Waals surface area contributed by atoms with Crippen LogP contribution in [-0.4, -0.2) is 19.6 Å². The maximum Gasteiger partial charge on any atom is 0.255 e. The van der Waals surface area contributed by atoms with Gasteiger partial charge in [-0.05, 0) is 61.0 Å². The van der Waals surface area contributed by atoms with E-state index in [1.807, 2.05) is 79.7 Å². The van der Waals surface area contributed by atoms with Crippen LogP contribution < -0.4 is 19.5 Å². The van der Waals surface area contributed by atoms with Crippen molar-refractivity contribution in [2.45, 2.75) is 13.5 Å². The number of rotatable bonds is 8. The van der Waals surface area contributed by atoms with E-state index in [-0.39, 0.29) is 5.91 Å². The van der Waals surface area contributed by atoms with E-state index in [9.17, 15) is 4.79 Å². The number of methoxy groups -OCH3 is 1. The Labute approximate surface area is 203 Å². The summed E-state index contributed by atoms with van der Waals surface area (Å²) in [6.45, 7) is 2.90. The highest BCUT2D eigenvalue weighted by Crippen LogP contribution is 2.36. The monoisotopic (exact) mass is 467 g/mol. The number of furan rings is 1. The van der Waals surface area contributed by atoms with E-state index >= 15 is 0 Å². The Balaban J connectivity index is 1.32. The second-order valence-corrected chi connectivity index (χ2v) is 7.99. The molecule has 0 aliphatic heterocycles. The Bertz CT molecular complexity index is 1490. The van der Waals surface area contributed by atoms with Crippen LogP contribution in [0.4, 0.5) is 5.69 Å². The molecule has 4 aromatic carbocycles. The molecule has 0 bridgehead atoms. The molecule has 0 aliphatic rings. The number of anilines is 1. The molecule has 0 spiro atoms. The molecular formula is C29H25NO5. The summed E-state index contributed by atoms with van der Waals surface area (Å²) in [6, 6.07) is 26.3. The first-order valence-corrected chi connectivity index (χ1v) is 11.4. The molecule has 0 saturated heterocycles. The van der Waals surface area contributed by atoms with Crippen LogP contribution in [0.15, 0.2) is 89.3 Å². The highest BCUT2D eigenvalue weighted by molar-refractivity contribution is 6.10. The van der Waals surface area contributed by atoms with Gasteiger partial charge in [-0.2, -0.15) is 0 Å². The molecule has 0 fully saturated rings. The largest absolute Gasteiger partial charge is 0.495 e. The minimum atomic E-state index is -0.248. The summed E-state index contributed by atoms with van der Waals surface area (Å²) >= 11 is 0. The predicted octanol–water partition coefficient (Wildman–Crippen LogP) is 6.82. The standard InChI is InChI=1S/C29H25NO5/c1-3-33-21-11-13-22(14-12-21)34-18-19-7-6-8-20(15-19)29(31)30-25-17-27-24(16-28(25)32-2)23-9-4-5-10-26(23)35-27/h4-17H,3,18H2,1-2H3,(H,30,31). The highest BCUT2D eigenvalue weighted by atomic mass is 16.5. The number of carbonyl (C=O) groups is 1. The van der Waals surface area contributed by atoms with Gasteiger partial charge in [-0.3, -0.25) is 4.79 Å². The number of carbonyl (C=O) groups excluding carboxylic acids is 1. The lowest BCUT2D eigenvalue weighted by Gasteiger charge is -2.12. The Hall–Kier alpha value is -4.45. The Kier molecular flexibility index (Phi) is 6.26. The third-order valence-corrected chi connectivity index (χ3v) is 5.68. The van der Waals surface area contributed by atoms with Gasteiger partial charge in [0.15, 0.2) is 0 Å². The van der Waals surface area contributed by atoms with Gasteiger partial charge in [0.1, 0.15) is 35.0 Å². The minimum Gasteiger partial charge on any atom is -0.495 e. The van der Waals surface area contributed by atoms with Gasteiger partial charge < -0.3 is 23.9 Å². The quantitative estimate of drug-likeness (QED) is 0.271. The van der Waals surface area contributed by atoms with E-state index < -0.39 is 0 Å². The van der Waals surface area contributed by atoms with Crippen LogP contribution in [0, 0.1) is 0 Å². The van der Waals surface area contributed by atoms with Gasteiger partial charge in [0, 0.05) is 22.4 Å². The average Bonchev–Trinajstić information content (AvgIpc) is 3.25. The van der Waals surface area contributed by atoms with Crippen LogP contribution in [0.5, 0.6) is 17.2 Å². The normalized spacial score (nSPS) is 10.9. The molecule has 0 atom stereocenters. The SMILES string of the molecule is CCOc1ccc(OCc2cccc(C(=O)Nc3cc4oc5ccccc5c4cc3OC)c2)cc1. The van der Waals surface area contributed by atoms with Crippen LogP contribution >= 0.6 is 0 Å². The molecule has 1 aromatic heterocycles. The van der Waals surface area contributed by atoms with E-state index in [1.54, 1.807) is 19.2 Å². The van der Waals surface area contributed by atoms with Crippen molar-refractivity contribution < 1.29 is 23.4 Å². The molecular weight excluding hydrogens is 442 g/mol. The van der Waals surface area contributed by atoms with E-state index in [0.29, 0.717) is 35.8 Å². The second-order valence-electron chi connectivity index (χ2n) is 7.99. The summed E-state index contributed by atoms with van der Waals surface area (Å²) in [4.78, 5) is 13.1. The first kappa shape index (κ1) is 22.3. The zero-order valence-electron chi connectivity index (χ0n) is 19.5. The molecule has 176 valence electrons. The molecule has 6 nitrogen and oxygen atoms in total. The summed E-state index contributed by atoms with van der Waals surface area (Å²) in [7, 11) is 1.58. The number of hydrogen-bond acceptors (Lipinski definition) is 5. The molecule has 35 heavy (non-hydrogen) atoms. The molecule has 0 aliphatic carbocycles. The van der Waals surface area contributed by atoms with Gasteiger partial charge in [0.05, 0.1) is 19.4 Å². The third kappa shape index (κ3) is 4.77. The van der Waals surface area contributed by atoms with E-state index in [2.05, 4.69) is 5.32 Å². The van der Waals surface area contributed by atoms with Crippen molar-refractivity contribution in [2.75, 3.05) is 19.0 Å². The highest BCUT2D eigenvalue weighted by Gasteiger charge is 2.15. The smallest absolute Gasteiger partial charge is 0.255 e. The summed E-state index contributed by atoms with van der Waals surface area (Å²) in [5, 5.41) is 4.89. The number of fused-ring (bicyclic) bond motifs is 3. The molecule has 1 amide bonds. The lowest BCUT2D eigenvalue weighted by Crippen LogP contribution is -2.13. The topological polar surface area (TPSA) is 69.9 Å². The molecule has 0 radical (unpaired) electrons. The Morgan fingerprint density at radius 2 is 1.60 bits per heavy atom. The van der Waals surface area contributed by atoms with Crippen LogP contribution in [-0.2, 0) is 6.61 Å². The Morgan fingerprint density at radius 1 is 0.829 bits per heavy atom. The number of amides is 1. The van der Waals surface area contributed by atoms with Crippen molar-refractivity contribution in [3.8, 4) is 17.2 Å². The fraction of sp³-hybridized carbons (Fsp3) is 0.138. The molecule has 1 N–H and O–H groups in total. The van der Waals surface area contributed by atoms with Gasteiger partial charge in [0.2, 0.25) is 0 Å². The van der Waals surface area contributed by atoms with Crippen molar-refractivity contribution in [2.24, 2.45) is 0 Å². The Morgan fingerprint density at radius 3 is 2.37 bits per heavy atom. The van der Waals surface area contributed by atoms with Crippen molar-refractivity contribution >= 4 is 33.5 Å². The second kappa shape index (κ2) is 9.81. The number of nitrogens with one attached hydrogen (secondary N) is 1. The van der Waals surface area contributed by atoms with E-state index in [1.165, 1.54) is 0 Å². The molecule has 0 saturated carbocycles. The zero-order chi connectivity index (χ0) is 24.2. The van der Waals surface area contributed by atoms with Crippen LogP contribution in [0.3, 0.4) is 0 Å². The molecule has 5 rings (SSSR count). The summed E-state index contributed by atoms with van der Waals surface area (Å²) in [5.74, 6) is 1.84. The third-order valence-electron chi connectivity index (χ3n) is 5.68. The molecule has 0 unspecified atom stereocenters. The first-order chi connectivity index (χ1) is 17.1. The van der Waals surface area contributed by atoms with Crippen molar-refractivity contribution in [3.63, 3.8) is 0 Å². The van der Waals surface area contributed by atoms with Crippen molar-refractivity contribution in [1.82, 2.24) is 0 Å². The minimum absolute atomic E-state index is 0.248. The van der Waals surface area contributed by atoms with Crippen LogP contribution in [0.2, 0.25) is 0 Å². The molecule has 5 aromatic rings. The first-order valence-electron chi connectivity index (χ1n) is 11.4. The van der Waals surface area contributed by atoms with Crippen LogP contribution in [0.1, 0.15) is 22.8 Å². The maximum absolute atomic E-state index is 13.1.